The molecule has 1 N–H and O–H groups in total. The Bertz CT molecular complexity index is 1090. The van der Waals surface area contributed by atoms with E-state index in [1.807, 2.05) is 6.20 Å². The van der Waals surface area contributed by atoms with Gasteiger partial charge in [0.05, 0.1) is 12.1 Å². The van der Waals surface area contributed by atoms with Crippen molar-refractivity contribution in [3.05, 3.63) is 65.2 Å². The lowest BCUT2D eigenvalue weighted by Gasteiger charge is -2.32. The van der Waals surface area contributed by atoms with Crippen LogP contribution in [0.25, 0.3) is 11.1 Å². The van der Waals surface area contributed by atoms with Crippen molar-refractivity contribution in [2.45, 2.75) is 43.6 Å². The van der Waals surface area contributed by atoms with Crippen LogP contribution in [0, 0.1) is 11.6 Å². The quantitative estimate of drug-likeness (QED) is 0.627. The van der Waals surface area contributed by atoms with Crippen LogP contribution in [0.15, 0.2) is 41.2 Å². The fraction of sp³-hybridized carbons (Fsp3) is 0.417. The molecule has 2 aromatic heterocycles. The molecule has 162 valence electrons. The van der Waals surface area contributed by atoms with Gasteiger partial charge in [0.1, 0.15) is 5.82 Å². The largest absolute Gasteiger partial charge is 0.369 e. The number of anilines is 1. The molecule has 2 aliphatic rings. The summed E-state index contributed by atoms with van der Waals surface area (Å²) in [5.74, 6) is -0.0795. The minimum absolute atomic E-state index is 0.152. The molecule has 1 unspecified atom stereocenters. The van der Waals surface area contributed by atoms with Gasteiger partial charge in [-0.3, -0.25) is 0 Å². The predicted octanol–water partition coefficient (Wildman–Crippen LogP) is 5.16. The van der Waals surface area contributed by atoms with Crippen molar-refractivity contribution >= 4 is 5.82 Å². The third-order valence-corrected chi connectivity index (χ3v) is 6.84. The Balaban J connectivity index is 1.45. The van der Waals surface area contributed by atoms with E-state index in [1.165, 1.54) is 30.7 Å². The molecule has 5 nitrogen and oxygen atoms in total. The molecule has 0 bridgehead atoms. The van der Waals surface area contributed by atoms with Gasteiger partial charge in [-0.25, -0.2) is 13.8 Å². The van der Waals surface area contributed by atoms with Gasteiger partial charge in [-0.15, -0.1) is 0 Å². The van der Waals surface area contributed by atoms with E-state index < -0.39 is 11.6 Å². The first-order chi connectivity index (χ1) is 15.0. The Morgan fingerprint density at radius 2 is 1.87 bits per heavy atom. The van der Waals surface area contributed by atoms with Crippen LogP contribution in [0.1, 0.15) is 54.4 Å². The number of nitrogens with one attached hydrogen (secondary N) is 1. The van der Waals surface area contributed by atoms with Gasteiger partial charge in [-0.2, -0.15) is 0 Å². The van der Waals surface area contributed by atoms with Gasteiger partial charge in [0, 0.05) is 35.5 Å². The second-order valence-electron chi connectivity index (χ2n) is 8.81. The summed E-state index contributed by atoms with van der Waals surface area (Å²) in [6, 6.07) is 7.01. The maximum atomic E-state index is 14.4. The number of hydrogen-bond acceptors (Lipinski definition) is 5. The third-order valence-electron chi connectivity index (χ3n) is 6.84. The minimum atomic E-state index is -0.886. The SMILES string of the molecule is CN(C)C1CCC(c2cnc3c(c2)C(c2oncc2-c2cccc(F)c2F)CN3)CC1. The molecule has 1 aromatic carbocycles. The van der Waals surface area contributed by atoms with Gasteiger partial charge >= 0.3 is 0 Å². The van der Waals surface area contributed by atoms with Gasteiger partial charge < -0.3 is 14.7 Å². The van der Waals surface area contributed by atoms with Crippen LogP contribution >= 0.6 is 0 Å². The Morgan fingerprint density at radius 3 is 2.65 bits per heavy atom. The Labute approximate surface area is 180 Å². The number of fused-ring (bicyclic) bond motifs is 1. The van der Waals surface area contributed by atoms with Gasteiger partial charge in [0.25, 0.3) is 0 Å². The maximum absolute atomic E-state index is 14.4. The number of benzene rings is 1. The zero-order valence-corrected chi connectivity index (χ0v) is 17.7. The first-order valence-electron chi connectivity index (χ1n) is 10.8. The molecule has 1 atom stereocenters. The predicted molar refractivity (Wildman–Crippen MR) is 115 cm³/mol. The summed E-state index contributed by atoms with van der Waals surface area (Å²) in [7, 11) is 4.29. The van der Waals surface area contributed by atoms with Crippen LogP contribution in [-0.4, -0.2) is 41.7 Å². The average molecular weight is 424 g/mol. The normalized spacial score (nSPS) is 23.1. The summed E-state index contributed by atoms with van der Waals surface area (Å²) in [5.41, 5.74) is 2.91. The lowest BCUT2D eigenvalue weighted by atomic mass is 9.81. The van der Waals surface area contributed by atoms with E-state index in [9.17, 15) is 8.78 Å². The number of aromatic nitrogens is 2. The highest BCUT2D eigenvalue weighted by Gasteiger charge is 2.33. The first kappa shape index (κ1) is 20.1. The zero-order chi connectivity index (χ0) is 21.5. The van der Waals surface area contributed by atoms with Crippen molar-refractivity contribution < 1.29 is 13.3 Å². The Kier molecular flexibility index (Phi) is 5.22. The summed E-state index contributed by atoms with van der Waals surface area (Å²) in [6.07, 6.45) is 8.09. The monoisotopic (exact) mass is 424 g/mol. The highest BCUT2D eigenvalue weighted by molar-refractivity contribution is 5.69. The number of halogens is 2. The van der Waals surface area contributed by atoms with E-state index in [0.29, 0.717) is 29.8 Å². The molecular formula is C24H26F2N4O. The summed E-state index contributed by atoms with van der Waals surface area (Å²) in [6.45, 7) is 0.582. The highest BCUT2D eigenvalue weighted by atomic mass is 19.2. The Morgan fingerprint density at radius 1 is 1.06 bits per heavy atom. The van der Waals surface area contributed by atoms with Crippen molar-refractivity contribution in [2.75, 3.05) is 26.0 Å². The topological polar surface area (TPSA) is 54.2 Å². The van der Waals surface area contributed by atoms with Crippen molar-refractivity contribution in [2.24, 2.45) is 0 Å². The van der Waals surface area contributed by atoms with Crippen molar-refractivity contribution in [1.29, 1.82) is 0 Å². The van der Waals surface area contributed by atoms with Crippen LogP contribution < -0.4 is 5.32 Å². The second-order valence-corrected chi connectivity index (χ2v) is 8.81. The lowest BCUT2D eigenvalue weighted by molar-refractivity contribution is 0.216. The molecule has 5 rings (SSSR count). The van der Waals surface area contributed by atoms with E-state index in [0.717, 1.165) is 30.3 Å². The van der Waals surface area contributed by atoms with E-state index >= 15 is 0 Å². The molecule has 0 saturated heterocycles. The number of nitrogens with zero attached hydrogens (tertiary/aromatic N) is 3. The first-order valence-corrected chi connectivity index (χ1v) is 10.8. The molecule has 0 amide bonds. The molecule has 1 fully saturated rings. The molecule has 3 heterocycles. The lowest BCUT2D eigenvalue weighted by Crippen LogP contribution is -2.31. The number of rotatable bonds is 4. The Hall–Kier alpha value is -2.80. The maximum Gasteiger partial charge on any atom is 0.166 e. The zero-order valence-electron chi connectivity index (χ0n) is 17.7. The third kappa shape index (κ3) is 3.61. The summed E-state index contributed by atoms with van der Waals surface area (Å²) in [5, 5.41) is 7.23. The molecule has 7 heteroatoms. The van der Waals surface area contributed by atoms with Gasteiger partial charge in [0.2, 0.25) is 0 Å². The van der Waals surface area contributed by atoms with Gasteiger partial charge in [-0.1, -0.05) is 17.3 Å². The molecule has 3 aromatic rings. The molecule has 1 saturated carbocycles. The fourth-order valence-corrected chi connectivity index (χ4v) is 5.02. The molecule has 0 radical (unpaired) electrons. The van der Waals surface area contributed by atoms with E-state index in [4.69, 9.17) is 4.52 Å². The van der Waals surface area contributed by atoms with E-state index in [1.54, 1.807) is 6.07 Å². The van der Waals surface area contributed by atoms with Gasteiger partial charge in [-0.05, 0) is 63.4 Å². The second kappa shape index (κ2) is 8.04. The molecular weight excluding hydrogens is 398 g/mol. The van der Waals surface area contributed by atoms with Crippen molar-refractivity contribution in [3.8, 4) is 11.1 Å². The van der Waals surface area contributed by atoms with Crippen molar-refractivity contribution in [1.82, 2.24) is 15.0 Å². The molecule has 31 heavy (non-hydrogen) atoms. The number of hydrogen-bond donors (Lipinski definition) is 1. The highest BCUT2D eigenvalue weighted by Crippen LogP contribution is 2.42. The minimum Gasteiger partial charge on any atom is -0.369 e. The summed E-state index contributed by atoms with van der Waals surface area (Å²) >= 11 is 0. The summed E-state index contributed by atoms with van der Waals surface area (Å²) < 4.78 is 33.8. The van der Waals surface area contributed by atoms with Crippen LogP contribution in [-0.2, 0) is 0 Å². The van der Waals surface area contributed by atoms with E-state index in [2.05, 4.69) is 40.5 Å². The smallest absolute Gasteiger partial charge is 0.166 e. The molecule has 1 aliphatic carbocycles. The fourth-order valence-electron chi connectivity index (χ4n) is 5.02. The van der Waals surface area contributed by atoms with Crippen LogP contribution in [0.2, 0.25) is 0 Å². The molecule has 0 spiro atoms. The standard InChI is InChI=1S/C24H26F2N4O/c1-30(2)16-8-6-14(7-9-16)15-10-18-19(12-28-24(18)27-11-15)23-20(13-29-31-23)17-4-3-5-21(25)22(17)26/h3-5,10-11,13-14,16,19H,6-9,12H2,1-2H3,(H,27,28). The van der Waals surface area contributed by atoms with Crippen molar-refractivity contribution in [3.63, 3.8) is 0 Å². The van der Waals surface area contributed by atoms with Crippen LogP contribution in [0.4, 0.5) is 14.6 Å². The van der Waals surface area contributed by atoms with Crippen LogP contribution in [0.5, 0.6) is 0 Å². The van der Waals surface area contributed by atoms with Crippen LogP contribution in [0.3, 0.4) is 0 Å². The average Bonchev–Trinajstić information content (AvgIpc) is 3.42. The number of pyridine rings is 1. The van der Waals surface area contributed by atoms with Gasteiger partial charge in [0.15, 0.2) is 17.4 Å². The van der Waals surface area contributed by atoms with E-state index in [-0.39, 0.29) is 11.5 Å². The molecule has 1 aliphatic heterocycles. The summed E-state index contributed by atoms with van der Waals surface area (Å²) in [4.78, 5) is 6.98.